The third-order valence-corrected chi connectivity index (χ3v) is 7.48. The number of alkyl halides is 6. The van der Waals surface area contributed by atoms with Crippen LogP contribution in [0.4, 0.5) is 30.7 Å². The fourth-order valence-electron chi connectivity index (χ4n) is 5.59. The Balaban J connectivity index is 1.52. The predicted octanol–water partition coefficient (Wildman–Crippen LogP) is 8.70. The molecule has 0 bridgehead atoms. The number of hydrogen-bond acceptors (Lipinski definition) is 0. The summed E-state index contributed by atoms with van der Waals surface area (Å²) in [6, 6.07) is 2.68. The number of benzene rings is 1. The van der Waals surface area contributed by atoms with Crippen LogP contribution in [0, 0.1) is 23.6 Å². The van der Waals surface area contributed by atoms with E-state index < -0.39 is 23.5 Å². The Kier molecular flexibility index (Phi) is 7.95. The second-order valence-electron chi connectivity index (χ2n) is 9.39. The Morgan fingerprint density at radius 3 is 1.87 bits per heavy atom. The lowest BCUT2D eigenvalue weighted by Gasteiger charge is -2.38. The first-order valence-electron chi connectivity index (χ1n) is 11.4. The van der Waals surface area contributed by atoms with Gasteiger partial charge in [-0.15, -0.1) is 0 Å². The summed E-state index contributed by atoms with van der Waals surface area (Å²) < 4.78 is 91.0. The maximum Gasteiger partial charge on any atom is 0.458 e. The van der Waals surface area contributed by atoms with E-state index in [0.717, 1.165) is 44.6 Å². The molecule has 0 aromatic heterocycles. The van der Waals surface area contributed by atoms with Crippen molar-refractivity contribution in [3.63, 3.8) is 0 Å². The molecule has 2 aliphatic carbocycles. The van der Waals surface area contributed by atoms with Crippen LogP contribution in [-0.4, -0.2) is 12.9 Å². The molecule has 0 amide bonds. The van der Waals surface area contributed by atoms with E-state index in [0.29, 0.717) is 35.8 Å². The lowest BCUT2D eigenvalue weighted by atomic mass is 9.68. The third kappa shape index (κ3) is 5.75. The van der Waals surface area contributed by atoms with Crippen molar-refractivity contribution in [2.45, 2.75) is 88.6 Å². The van der Waals surface area contributed by atoms with Gasteiger partial charge in [0, 0.05) is 0 Å². The SMILES string of the molecule is FCCCCC1CCC(C2CCC(c3ccc(C(F)(F)C(F)(F)F)c(F)c3)CC2)CC1. The number of rotatable bonds is 7. The zero-order valence-corrected chi connectivity index (χ0v) is 17.7. The van der Waals surface area contributed by atoms with E-state index in [1.54, 1.807) is 0 Å². The van der Waals surface area contributed by atoms with Crippen LogP contribution in [0.3, 0.4) is 0 Å². The molecule has 2 saturated carbocycles. The van der Waals surface area contributed by atoms with Gasteiger partial charge in [-0.1, -0.05) is 31.7 Å². The van der Waals surface area contributed by atoms with Gasteiger partial charge in [0.15, 0.2) is 0 Å². The Hall–Kier alpha value is -1.27. The lowest BCUT2D eigenvalue weighted by Crippen LogP contribution is -2.34. The van der Waals surface area contributed by atoms with Crippen LogP contribution in [0.15, 0.2) is 18.2 Å². The van der Waals surface area contributed by atoms with Gasteiger partial charge in [-0.3, -0.25) is 4.39 Å². The largest absolute Gasteiger partial charge is 0.458 e. The van der Waals surface area contributed by atoms with Crippen molar-refractivity contribution in [3.05, 3.63) is 35.1 Å². The molecule has 0 nitrogen and oxygen atoms in total. The van der Waals surface area contributed by atoms with Gasteiger partial charge in [-0.2, -0.15) is 22.0 Å². The number of halogens is 7. The molecule has 0 unspecified atom stereocenters. The fourth-order valence-corrected chi connectivity index (χ4v) is 5.59. The summed E-state index contributed by atoms with van der Waals surface area (Å²) in [5.41, 5.74) is -1.10. The Morgan fingerprint density at radius 2 is 1.35 bits per heavy atom. The van der Waals surface area contributed by atoms with Crippen LogP contribution in [0.2, 0.25) is 0 Å². The van der Waals surface area contributed by atoms with Crippen LogP contribution in [0.1, 0.15) is 87.7 Å². The summed E-state index contributed by atoms with van der Waals surface area (Å²) in [4.78, 5) is 0. The normalized spacial score (nSPS) is 28.0. The second-order valence-corrected chi connectivity index (χ2v) is 9.39. The van der Waals surface area contributed by atoms with Crippen molar-refractivity contribution in [2.24, 2.45) is 17.8 Å². The first-order chi connectivity index (χ1) is 14.6. The first-order valence-corrected chi connectivity index (χ1v) is 11.4. The molecule has 3 rings (SSSR count). The van der Waals surface area contributed by atoms with Gasteiger partial charge in [0.1, 0.15) is 5.82 Å². The summed E-state index contributed by atoms with van der Waals surface area (Å²) in [6.45, 7) is -0.240. The minimum atomic E-state index is -5.82. The van der Waals surface area contributed by atoms with Gasteiger partial charge in [0.25, 0.3) is 0 Å². The topological polar surface area (TPSA) is 0 Å². The van der Waals surface area contributed by atoms with Crippen molar-refractivity contribution in [1.29, 1.82) is 0 Å². The lowest BCUT2D eigenvalue weighted by molar-refractivity contribution is -0.290. The molecule has 0 N–H and O–H groups in total. The molecule has 0 heterocycles. The Morgan fingerprint density at radius 1 is 0.774 bits per heavy atom. The molecular formula is C24H31F7. The van der Waals surface area contributed by atoms with E-state index in [-0.39, 0.29) is 12.6 Å². The molecule has 0 atom stereocenters. The van der Waals surface area contributed by atoms with Crippen LogP contribution in [0.5, 0.6) is 0 Å². The standard InChI is InChI=1S/C24H31F7/c25-14-2-1-3-16-4-6-17(7-5-16)18-8-10-19(11-9-18)20-12-13-21(22(26)15-20)23(27,28)24(29,30)31/h12-13,15-19H,1-11,14H2. The Bertz CT molecular complexity index is 696. The van der Waals surface area contributed by atoms with E-state index in [2.05, 4.69) is 0 Å². The van der Waals surface area contributed by atoms with Gasteiger partial charge < -0.3 is 0 Å². The van der Waals surface area contributed by atoms with Crippen LogP contribution in [-0.2, 0) is 5.92 Å². The monoisotopic (exact) mass is 452 g/mol. The molecule has 0 saturated heterocycles. The van der Waals surface area contributed by atoms with Crippen molar-refractivity contribution in [3.8, 4) is 0 Å². The Labute approximate surface area is 179 Å². The molecule has 0 radical (unpaired) electrons. The first kappa shape index (κ1) is 24.4. The van der Waals surface area contributed by atoms with E-state index in [1.165, 1.54) is 31.7 Å². The van der Waals surface area contributed by atoms with Crippen molar-refractivity contribution in [1.82, 2.24) is 0 Å². The molecule has 176 valence electrons. The van der Waals surface area contributed by atoms with Crippen molar-refractivity contribution in [2.75, 3.05) is 6.67 Å². The minimum Gasteiger partial charge on any atom is -0.251 e. The second kappa shape index (κ2) is 10.1. The molecule has 31 heavy (non-hydrogen) atoms. The summed E-state index contributed by atoms with van der Waals surface area (Å²) in [5, 5.41) is 0. The molecule has 0 spiro atoms. The predicted molar refractivity (Wildman–Crippen MR) is 106 cm³/mol. The van der Waals surface area contributed by atoms with Crippen LogP contribution < -0.4 is 0 Å². The quantitative estimate of drug-likeness (QED) is 0.287. The maximum atomic E-state index is 14.1. The van der Waals surface area contributed by atoms with E-state index >= 15 is 0 Å². The maximum absolute atomic E-state index is 14.1. The molecule has 2 aliphatic rings. The highest BCUT2D eigenvalue weighted by atomic mass is 19.4. The van der Waals surface area contributed by atoms with Crippen molar-refractivity contribution < 1.29 is 30.7 Å². The summed E-state index contributed by atoms with van der Waals surface area (Å²) >= 11 is 0. The smallest absolute Gasteiger partial charge is 0.251 e. The third-order valence-electron chi connectivity index (χ3n) is 7.48. The molecule has 1 aromatic rings. The minimum absolute atomic E-state index is 0.00338. The van der Waals surface area contributed by atoms with Gasteiger partial charge >= 0.3 is 12.1 Å². The molecule has 1 aromatic carbocycles. The molecular weight excluding hydrogens is 421 g/mol. The highest BCUT2D eigenvalue weighted by Crippen LogP contribution is 2.47. The average Bonchev–Trinajstić information content (AvgIpc) is 2.73. The molecule has 2 fully saturated rings. The molecule has 0 aliphatic heterocycles. The highest BCUT2D eigenvalue weighted by molar-refractivity contribution is 5.31. The summed E-state index contributed by atoms with van der Waals surface area (Å²) in [5.74, 6) is -4.72. The number of unbranched alkanes of at least 4 members (excludes halogenated alkanes) is 1. The van der Waals surface area contributed by atoms with Gasteiger partial charge in [-0.05, 0) is 86.3 Å². The summed E-state index contributed by atoms with van der Waals surface area (Å²) in [7, 11) is 0. The fraction of sp³-hybridized carbons (Fsp3) is 0.750. The zero-order chi connectivity index (χ0) is 22.6. The summed E-state index contributed by atoms with van der Waals surface area (Å²) in [6.07, 6.45) is 5.21. The van der Waals surface area contributed by atoms with Gasteiger partial charge in [-0.25, -0.2) is 4.39 Å². The average molecular weight is 452 g/mol. The van der Waals surface area contributed by atoms with Crippen molar-refractivity contribution >= 4 is 0 Å². The van der Waals surface area contributed by atoms with E-state index in [9.17, 15) is 30.7 Å². The zero-order valence-electron chi connectivity index (χ0n) is 17.7. The molecule has 7 heteroatoms. The van der Waals surface area contributed by atoms with E-state index in [1.807, 2.05) is 0 Å². The van der Waals surface area contributed by atoms with Crippen LogP contribution >= 0.6 is 0 Å². The van der Waals surface area contributed by atoms with Crippen LogP contribution in [0.25, 0.3) is 0 Å². The van der Waals surface area contributed by atoms with Gasteiger partial charge in [0.2, 0.25) is 0 Å². The van der Waals surface area contributed by atoms with Gasteiger partial charge in [0.05, 0.1) is 12.2 Å². The van der Waals surface area contributed by atoms with E-state index in [4.69, 9.17) is 0 Å². The number of hydrogen-bond donors (Lipinski definition) is 0. The highest BCUT2D eigenvalue weighted by Gasteiger charge is 2.59.